The molecule has 0 amide bonds. The summed E-state index contributed by atoms with van der Waals surface area (Å²) in [6.07, 6.45) is 2.86. The van der Waals surface area contributed by atoms with Crippen molar-refractivity contribution in [1.29, 1.82) is 0 Å². The summed E-state index contributed by atoms with van der Waals surface area (Å²) in [4.78, 5) is 14.3. The lowest BCUT2D eigenvalue weighted by Gasteiger charge is -2.26. The van der Waals surface area contributed by atoms with Gasteiger partial charge in [0.1, 0.15) is 11.4 Å². The molecule has 0 fully saturated rings. The molecule has 0 bridgehead atoms. The van der Waals surface area contributed by atoms with Gasteiger partial charge in [-0.1, -0.05) is 30.3 Å². The van der Waals surface area contributed by atoms with E-state index in [-0.39, 0.29) is 0 Å². The molecule has 0 aliphatic carbocycles. The Labute approximate surface area is 178 Å². The molecule has 0 saturated heterocycles. The van der Waals surface area contributed by atoms with Gasteiger partial charge in [-0.3, -0.25) is 0 Å². The Hall–Kier alpha value is -3.18. The quantitative estimate of drug-likeness (QED) is 0.556. The van der Waals surface area contributed by atoms with Gasteiger partial charge < -0.3 is 14.5 Å². The molecule has 5 nitrogen and oxygen atoms in total. The summed E-state index contributed by atoms with van der Waals surface area (Å²) in [5.74, 6) is 1.75. The molecule has 2 aromatic carbocycles. The van der Waals surface area contributed by atoms with Crippen LogP contribution >= 0.6 is 0 Å². The van der Waals surface area contributed by atoms with E-state index in [1.54, 1.807) is 0 Å². The number of rotatable bonds is 7. The van der Waals surface area contributed by atoms with Gasteiger partial charge in [-0.2, -0.15) is 0 Å². The molecular weight excluding hydrogens is 372 g/mol. The number of pyridine rings is 1. The van der Waals surface area contributed by atoms with Crippen molar-refractivity contribution < 1.29 is 4.74 Å². The smallest absolute Gasteiger partial charge is 0.159 e. The summed E-state index contributed by atoms with van der Waals surface area (Å²) in [5, 5.41) is 0. The zero-order valence-corrected chi connectivity index (χ0v) is 17.9. The van der Waals surface area contributed by atoms with Crippen LogP contribution in [0.4, 0.5) is 17.2 Å². The molecule has 5 heteroatoms. The van der Waals surface area contributed by atoms with Gasteiger partial charge in [-0.25, -0.2) is 9.98 Å². The normalized spacial score (nSPS) is 12.8. The molecule has 0 N–H and O–H groups in total. The van der Waals surface area contributed by atoms with Gasteiger partial charge >= 0.3 is 0 Å². The summed E-state index contributed by atoms with van der Waals surface area (Å²) in [6.45, 7) is 4.50. The van der Waals surface area contributed by atoms with Gasteiger partial charge in [-0.15, -0.1) is 0 Å². The minimum atomic E-state index is 0.633. The molecule has 154 valence electrons. The molecular formula is C25H28N4O. The predicted octanol–water partition coefficient (Wildman–Crippen LogP) is 5.05. The topological polar surface area (TPSA) is 41.0 Å². The van der Waals surface area contributed by atoms with E-state index in [2.05, 4.69) is 60.3 Å². The number of fused-ring (bicyclic) bond motifs is 2. The maximum atomic E-state index is 5.84. The van der Waals surface area contributed by atoms with Crippen LogP contribution in [-0.4, -0.2) is 49.4 Å². The lowest BCUT2D eigenvalue weighted by Crippen LogP contribution is -2.24. The first kappa shape index (κ1) is 20.1. The van der Waals surface area contributed by atoms with E-state index < -0.39 is 0 Å². The summed E-state index contributed by atoms with van der Waals surface area (Å²) in [6, 6.07) is 20.6. The average Bonchev–Trinajstić information content (AvgIpc) is 2.89. The second-order valence-electron chi connectivity index (χ2n) is 7.59. The van der Waals surface area contributed by atoms with Crippen molar-refractivity contribution in [2.75, 3.05) is 38.7 Å². The number of aromatic nitrogens is 1. The second kappa shape index (κ2) is 9.09. The predicted molar refractivity (Wildman–Crippen MR) is 124 cm³/mol. The molecule has 0 spiro atoms. The molecule has 4 rings (SSSR count). The van der Waals surface area contributed by atoms with Crippen LogP contribution in [-0.2, 0) is 0 Å². The Morgan fingerprint density at radius 1 is 1.00 bits per heavy atom. The van der Waals surface area contributed by atoms with E-state index in [9.17, 15) is 0 Å². The highest BCUT2D eigenvalue weighted by Gasteiger charge is 2.25. The molecule has 0 radical (unpaired) electrons. The number of hydrogen-bond acceptors (Lipinski definition) is 5. The summed E-state index contributed by atoms with van der Waals surface area (Å²) in [5.41, 5.74) is 5.11. The minimum Gasteiger partial charge on any atom is -0.494 e. The summed E-state index contributed by atoms with van der Waals surface area (Å²) < 4.78 is 5.84. The maximum Gasteiger partial charge on any atom is 0.159 e. The van der Waals surface area contributed by atoms with Crippen molar-refractivity contribution in [3.63, 3.8) is 0 Å². The van der Waals surface area contributed by atoms with Crippen LogP contribution in [0.5, 0.6) is 5.75 Å². The Kier molecular flexibility index (Phi) is 6.10. The molecule has 3 aromatic rings. The molecule has 0 saturated carbocycles. The molecule has 2 heterocycles. The minimum absolute atomic E-state index is 0.633. The van der Waals surface area contributed by atoms with Gasteiger partial charge in [0.15, 0.2) is 5.82 Å². The van der Waals surface area contributed by atoms with Crippen LogP contribution in [0, 0.1) is 0 Å². The fraction of sp³-hybridized carbons (Fsp3) is 0.280. The van der Waals surface area contributed by atoms with Gasteiger partial charge in [0.25, 0.3) is 0 Å². The average molecular weight is 401 g/mol. The zero-order valence-electron chi connectivity index (χ0n) is 17.9. The SMILES string of the molecule is CCOc1ccc2c(c1)N(CCCN(C)C)c1ncccc1N=C2c1ccccc1. The highest BCUT2D eigenvalue weighted by molar-refractivity contribution is 6.18. The van der Waals surface area contributed by atoms with Crippen molar-refractivity contribution >= 4 is 22.9 Å². The molecule has 1 aliphatic heterocycles. The van der Waals surface area contributed by atoms with Crippen LogP contribution in [0.1, 0.15) is 24.5 Å². The fourth-order valence-corrected chi connectivity index (χ4v) is 3.76. The van der Waals surface area contributed by atoms with Gasteiger partial charge in [0, 0.05) is 29.9 Å². The molecule has 0 atom stereocenters. The molecule has 0 unspecified atom stereocenters. The number of anilines is 2. The van der Waals surface area contributed by atoms with E-state index in [0.29, 0.717) is 6.61 Å². The van der Waals surface area contributed by atoms with Crippen LogP contribution in [0.15, 0.2) is 71.9 Å². The fourth-order valence-electron chi connectivity index (χ4n) is 3.76. The first-order valence-electron chi connectivity index (χ1n) is 10.5. The molecule has 30 heavy (non-hydrogen) atoms. The van der Waals surface area contributed by atoms with Crippen LogP contribution in [0.3, 0.4) is 0 Å². The standard InChI is InChI=1S/C25H28N4O/c1-4-30-20-13-14-21-23(18-20)29(17-9-16-28(2)3)25-22(12-8-15-26-25)27-24(21)19-10-6-5-7-11-19/h5-8,10-15,18H,4,9,16-17H2,1-3H3. The maximum absolute atomic E-state index is 5.84. The Balaban J connectivity index is 1.89. The van der Waals surface area contributed by atoms with E-state index in [4.69, 9.17) is 14.7 Å². The van der Waals surface area contributed by atoms with E-state index >= 15 is 0 Å². The summed E-state index contributed by atoms with van der Waals surface area (Å²) in [7, 11) is 4.21. The van der Waals surface area contributed by atoms with E-state index in [0.717, 1.165) is 59.3 Å². The van der Waals surface area contributed by atoms with Crippen LogP contribution in [0.2, 0.25) is 0 Å². The number of aliphatic imine (C=N–C) groups is 1. The van der Waals surface area contributed by atoms with Crippen molar-refractivity contribution in [1.82, 2.24) is 9.88 Å². The second-order valence-corrected chi connectivity index (χ2v) is 7.59. The highest BCUT2D eigenvalue weighted by Crippen LogP contribution is 2.40. The van der Waals surface area contributed by atoms with Gasteiger partial charge in [0.05, 0.1) is 18.0 Å². The first-order chi connectivity index (χ1) is 14.7. The Morgan fingerprint density at radius 3 is 2.60 bits per heavy atom. The highest BCUT2D eigenvalue weighted by atomic mass is 16.5. The van der Waals surface area contributed by atoms with E-state index in [1.807, 2.05) is 37.4 Å². The lowest BCUT2D eigenvalue weighted by molar-refractivity contribution is 0.340. The monoisotopic (exact) mass is 400 g/mol. The molecule has 1 aliphatic rings. The Bertz CT molecular complexity index is 1030. The van der Waals surface area contributed by atoms with Gasteiger partial charge in [-0.05, 0) is 58.3 Å². The van der Waals surface area contributed by atoms with Crippen LogP contribution in [0.25, 0.3) is 0 Å². The lowest BCUT2D eigenvalue weighted by atomic mass is 10.00. The zero-order chi connectivity index (χ0) is 20.9. The number of hydrogen-bond donors (Lipinski definition) is 0. The number of nitrogens with zero attached hydrogens (tertiary/aromatic N) is 4. The third-order valence-corrected chi connectivity index (χ3v) is 5.11. The van der Waals surface area contributed by atoms with Crippen molar-refractivity contribution in [3.05, 3.63) is 78.0 Å². The third-order valence-electron chi connectivity index (χ3n) is 5.11. The van der Waals surface area contributed by atoms with Crippen molar-refractivity contribution in [2.24, 2.45) is 4.99 Å². The molecule has 1 aromatic heterocycles. The number of ether oxygens (including phenoxy) is 1. The first-order valence-corrected chi connectivity index (χ1v) is 10.5. The third kappa shape index (κ3) is 4.21. The Morgan fingerprint density at radius 2 is 1.83 bits per heavy atom. The van der Waals surface area contributed by atoms with Crippen LogP contribution < -0.4 is 9.64 Å². The van der Waals surface area contributed by atoms with Gasteiger partial charge in [0.2, 0.25) is 0 Å². The van der Waals surface area contributed by atoms with Crippen molar-refractivity contribution in [3.8, 4) is 5.75 Å². The largest absolute Gasteiger partial charge is 0.494 e. The summed E-state index contributed by atoms with van der Waals surface area (Å²) >= 11 is 0. The van der Waals surface area contributed by atoms with Crippen molar-refractivity contribution in [2.45, 2.75) is 13.3 Å². The number of benzene rings is 2. The van der Waals surface area contributed by atoms with E-state index in [1.165, 1.54) is 0 Å².